The third-order valence-electron chi connectivity index (χ3n) is 4.38. The number of nitrogens with two attached hydrogens (primary N) is 1. The first kappa shape index (κ1) is 19.9. The van der Waals surface area contributed by atoms with Crippen LogP contribution in [0.5, 0.6) is 0 Å². The van der Waals surface area contributed by atoms with Gasteiger partial charge in [0.2, 0.25) is 0 Å². The number of aromatic nitrogens is 4. The van der Waals surface area contributed by atoms with E-state index >= 15 is 0 Å². The van der Waals surface area contributed by atoms with Gasteiger partial charge in [0.25, 0.3) is 11.5 Å². The molecule has 152 valence electrons. The van der Waals surface area contributed by atoms with Crippen LogP contribution < -0.4 is 22.3 Å². The van der Waals surface area contributed by atoms with Crippen molar-refractivity contribution in [3.05, 3.63) is 57.0 Å². The molecule has 0 aliphatic heterocycles. The van der Waals surface area contributed by atoms with Crippen LogP contribution in [0.4, 0.5) is 5.69 Å². The summed E-state index contributed by atoms with van der Waals surface area (Å²) in [5.41, 5.74) is 5.99. The summed E-state index contributed by atoms with van der Waals surface area (Å²) in [5.74, 6) is -1.05. The molecule has 11 nitrogen and oxygen atoms in total. The highest BCUT2D eigenvalue weighted by Gasteiger charge is 2.14. The molecule has 2 aromatic heterocycles. The summed E-state index contributed by atoms with van der Waals surface area (Å²) >= 11 is 0. The Morgan fingerprint density at radius 2 is 1.83 bits per heavy atom. The van der Waals surface area contributed by atoms with E-state index in [0.29, 0.717) is 11.3 Å². The SMILES string of the molecule is Cn1c(=O)c2c(ncn2CCOC(=O)CNC(=O)c2ccc(N)cc2)n(C)c1=O. The van der Waals surface area contributed by atoms with Gasteiger partial charge in [0.05, 0.1) is 12.9 Å². The van der Waals surface area contributed by atoms with Crippen LogP contribution in [0.25, 0.3) is 11.2 Å². The molecule has 3 N–H and O–H groups in total. The van der Waals surface area contributed by atoms with E-state index in [4.69, 9.17) is 10.5 Å². The molecule has 0 radical (unpaired) electrons. The van der Waals surface area contributed by atoms with Crippen LogP contribution in [-0.2, 0) is 30.2 Å². The van der Waals surface area contributed by atoms with Crippen molar-refractivity contribution in [2.45, 2.75) is 6.54 Å². The van der Waals surface area contributed by atoms with E-state index in [9.17, 15) is 19.2 Å². The second kappa shape index (κ2) is 8.00. The molecule has 0 saturated heterocycles. The Morgan fingerprint density at radius 3 is 2.52 bits per heavy atom. The van der Waals surface area contributed by atoms with Crippen molar-refractivity contribution < 1.29 is 14.3 Å². The minimum absolute atomic E-state index is 0.0337. The topological polar surface area (TPSA) is 143 Å². The second-order valence-corrected chi connectivity index (χ2v) is 6.34. The first-order valence-corrected chi connectivity index (χ1v) is 8.70. The van der Waals surface area contributed by atoms with Crippen molar-refractivity contribution in [3.63, 3.8) is 0 Å². The summed E-state index contributed by atoms with van der Waals surface area (Å²) in [5, 5.41) is 2.46. The van der Waals surface area contributed by atoms with Crippen molar-refractivity contribution in [2.24, 2.45) is 14.1 Å². The highest BCUT2D eigenvalue weighted by atomic mass is 16.5. The van der Waals surface area contributed by atoms with Gasteiger partial charge in [0.1, 0.15) is 13.2 Å². The molecule has 0 atom stereocenters. The van der Waals surface area contributed by atoms with Gasteiger partial charge in [0, 0.05) is 25.3 Å². The van der Waals surface area contributed by atoms with Crippen molar-refractivity contribution in [1.82, 2.24) is 24.0 Å². The Hall–Kier alpha value is -3.89. The minimum atomic E-state index is -0.626. The van der Waals surface area contributed by atoms with Crippen LogP contribution >= 0.6 is 0 Å². The van der Waals surface area contributed by atoms with E-state index in [1.807, 2.05) is 0 Å². The number of hydrogen-bond acceptors (Lipinski definition) is 7. The number of imidazole rings is 1. The molecule has 2 heterocycles. The molecule has 3 aromatic rings. The Morgan fingerprint density at radius 1 is 1.14 bits per heavy atom. The number of nitrogen functional groups attached to an aromatic ring is 1. The number of ether oxygens (including phenoxy) is 1. The largest absolute Gasteiger partial charge is 0.462 e. The molecule has 0 bridgehead atoms. The number of anilines is 1. The first-order chi connectivity index (χ1) is 13.8. The first-order valence-electron chi connectivity index (χ1n) is 8.70. The van der Waals surface area contributed by atoms with E-state index in [-0.39, 0.29) is 30.9 Å². The van der Waals surface area contributed by atoms with Gasteiger partial charge in [-0.05, 0) is 24.3 Å². The molecule has 0 spiro atoms. The van der Waals surface area contributed by atoms with Gasteiger partial charge in [-0.1, -0.05) is 0 Å². The van der Waals surface area contributed by atoms with Gasteiger partial charge in [0.15, 0.2) is 11.2 Å². The zero-order valence-corrected chi connectivity index (χ0v) is 15.9. The van der Waals surface area contributed by atoms with Crippen LogP contribution in [-0.4, -0.2) is 43.7 Å². The normalized spacial score (nSPS) is 10.8. The molecule has 0 saturated carbocycles. The molecule has 0 unspecified atom stereocenters. The average Bonchev–Trinajstić information content (AvgIpc) is 3.13. The monoisotopic (exact) mass is 400 g/mol. The third-order valence-corrected chi connectivity index (χ3v) is 4.38. The smallest absolute Gasteiger partial charge is 0.332 e. The van der Waals surface area contributed by atoms with E-state index in [0.717, 1.165) is 4.57 Å². The quantitative estimate of drug-likeness (QED) is 0.398. The Kier molecular flexibility index (Phi) is 5.48. The number of benzene rings is 1. The predicted molar refractivity (Wildman–Crippen MR) is 104 cm³/mol. The summed E-state index contributed by atoms with van der Waals surface area (Å²) in [6.45, 7) is -0.167. The number of nitrogens with zero attached hydrogens (tertiary/aromatic N) is 4. The summed E-state index contributed by atoms with van der Waals surface area (Å²) in [6, 6.07) is 6.27. The summed E-state index contributed by atoms with van der Waals surface area (Å²) in [7, 11) is 2.90. The maximum absolute atomic E-state index is 12.3. The van der Waals surface area contributed by atoms with Crippen LogP contribution in [0.3, 0.4) is 0 Å². The molecule has 0 aliphatic rings. The molecule has 3 rings (SSSR count). The van der Waals surface area contributed by atoms with Crippen molar-refractivity contribution in [2.75, 3.05) is 18.9 Å². The number of nitrogens with one attached hydrogen (secondary N) is 1. The lowest BCUT2D eigenvalue weighted by Gasteiger charge is -2.08. The maximum atomic E-state index is 12.3. The van der Waals surface area contributed by atoms with E-state index in [1.54, 1.807) is 24.3 Å². The Labute approximate surface area is 164 Å². The lowest BCUT2D eigenvalue weighted by molar-refractivity contribution is -0.142. The molecular weight excluding hydrogens is 380 g/mol. The lowest BCUT2D eigenvalue weighted by Crippen LogP contribution is -2.37. The number of esters is 1. The minimum Gasteiger partial charge on any atom is -0.462 e. The van der Waals surface area contributed by atoms with Gasteiger partial charge >= 0.3 is 11.7 Å². The highest BCUT2D eigenvalue weighted by Crippen LogP contribution is 2.06. The molecule has 0 aliphatic carbocycles. The Bertz CT molecular complexity index is 1190. The van der Waals surface area contributed by atoms with E-state index in [2.05, 4.69) is 10.3 Å². The number of carbonyl (C=O) groups excluding carboxylic acids is 2. The second-order valence-electron chi connectivity index (χ2n) is 6.34. The molecule has 11 heteroatoms. The molecular formula is C18H20N6O5. The summed E-state index contributed by atoms with van der Waals surface area (Å²) in [4.78, 5) is 52.2. The predicted octanol–water partition coefficient (Wildman–Crippen LogP) is -1.01. The van der Waals surface area contributed by atoms with E-state index in [1.165, 1.54) is 29.6 Å². The number of rotatable bonds is 6. The van der Waals surface area contributed by atoms with Gasteiger partial charge in [-0.25, -0.2) is 9.78 Å². The van der Waals surface area contributed by atoms with Crippen LogP contribution in [0.1, 0.15) is 10.4 Å². The third kappa shape index (κ3) is 4.03. The number of carbonyl (C=O) groups is 2. The number of hydrogen-bond donors (Lipinski definition) is 2. The zero-order chi connectivity index (χ0) is 21.1. The fourth-order valence-electron chi connectivity index (χ4n) is 2.76. The van der Waals surface area contributed by atoms with Crippen molar-refractivity contribution >= 4 is 28.7 Å². The average molecular weight is 400 g/mol. The zero-order valence-electron chi connectivity index (χ0n) is 15.9. The van der Waals surface area contributed by atoms with Crippen molar-refractivity contribution in [3.8, 4) is 0 Å². The molecule has 1 amide bonds. The standard InChI is InChI=1S/C18H20N6O5/c1-22-15-14(17(27)23(2)18(22)28)24(10-21-15)7-8-29-13(25)9-20-16(26)11-3-5-12(19)6-4-11/h3-6,10H,7-9,19H2,1-2H3,(H,20,26). The lowest BCUT2D eigenvalue weighted by atomic mass is 10.2. The number of aryl methyl sites for hydroxylation is 1. The summed E-state index contributed by atoms with van der Waals surface area (Å²) < 4.78 is 8.86. The fraction of sp³-hybridized carbons (Fsp3) is 0.278. The van der Waals surface area contributed by atoms with Gasteiger partial charge in [-0.15, -0.1) is 0 Å². The molecule has 29 heavy (non-hydrogen) atoms. The number of amides is 1. The van der Waals surface area contributed by atoms with Crippen LogP contribution in [0.2, 0.25) is 0 Å². The number of fused-ring (bicyclic) bond motifs is 1. The fourth-order valence-corrected chi connectivity index (χ4v) is 2.76. The van der Waals surface area contributed by atoms with Gasteiger partial charge < -0.3 is 20.4 Å². The molecule has 0 fully saturated rings. The maximum Gasteiger partial charge on any atom is 0.332 e. The molecule has 1 aromatic carbocycles. The van der Waals surface area contributed by atoms with E-state index < -0.39 is 23.1 Å². The summed E-state index contributed by atoms with van der Waals surface area (Å²) in [6.07, 6.45) is 1.40. The van der Waals surface area contributed by atoms with Crippen LogP contribution in [0.15, 0.2) is 40.2 Å². The Balaban J connectivity index is 1.57. The van der Waals surface area contributed by atoms with Gasteiger partial charge in [-0.2, -0.15) is 0 Å². The van der Waals surface area contributed by atoms with Gasteiger partial charge in [-0.3, -0.25) is 23.5 Å². The van der Waals surface area contributed by atoms with Crippen molar-refractivity contribution in [1.29, 1.82) is 0 Å². The highest BCUT2D eigenvalue weighted by molar-refractivity contribution is 5.96. The van der Waals surface area contributed by atoms with Crippen LogP contribution in [0, 0.1) is 0 Å².